The molecule has 4 aromatic rings. The van der Waals surface area contributed by atoms with Crippen LogP contribution in [0.5, 0.6) is 5.75 Å². The Kier molecular flexibility index (Phi) is 4.50. The monoisotopic (exact) mass is 377 g/mol. The van der Waals surface area contributed by atoms with Crippen LogP contribution in [0.25, 0.3) is 21.8 Å². The van der Waals surface area contributed by atoms with E-state index >= 15 is 0 Å². The van der Waals surface area contributed by atoms with Gasteiger partial charge in [0.25, 0.3) is 0 Å². The second kappa shape index (κ2) is 6.97. The van der Waals surface area contributed by atoms with Gasteiger partial charge in [-0.2, -0.15) is 0 Å². The first-order valence-electron chi connectivity index (χ1n) is 8.72. The van der Waals surface area contributed by atoms with Crippen molar-refractivity contribution in [3.05, 3.63) is 76.8 Å². The number of hydrogen-bond donors (Lipinski definition) is 1. The predicted octanol–water partition coefficient (Wildman–Crippen LogP) is 4.79. The van der Waals surface area contributed by atoms with Crippen LogP contribution >= 0.6 is 11.6 Å². The summed E-state index contributed by atoms with van der Waals surface area (Å²) in [6, 6.07) is 20.3. The van der Waals surface area contributed by atoms with Crippen molar-refractivity contribution < 1.29 is 9.53 Å². The molecule has 4 rings (SSSR count). The molecule has 1 heterocycles. The van der Waals surface area contributed by atoms with Crippen LogP contribution < -0.4 is 10.5 Å². The van der Waals surface area contributed by atoms with Gasteiger partial charge in [-0.15, -0.1) is 0 Å². The molecule has 0 aliphatic heterocycles. The number of fused-ring (bicyclic) bond motifs is 3. The van der Waals surface area contributed by atoms with E-state index in [1.54, 1.807) is 18.2 Å². The molecule has 1 radical (unpaired) electrons. The molecule has 0 aliphatic rings. The Balaban J connectivity index is 1.98. The molecule has 0 unspecified atom stereocenters. The maximum Gasteiger partial charge on any atom is 0.249 e. The van der Waals surface area contributed by atoms with Crippen molar-refractivity contribution in [2.75, 3.05) is 6.61 Å². The average molecular weight is 378 g/mol. The number of halogens is 1. The fraction of sp³-hybridized carbons (Fsp3) is 0.136. The number of amides is 1. The van der Waals surface area contributed by atoms with Crippen molar-refractivity contribution in [3.8, 4) is 5.75 Å². The van der Waals surface area contributed by atoms with Crippen LogP contribution in [0, 0.1) is 6.07 Å². The van der Waals surface area contributed by atoms with Crippen molar-refractivity contribution >= 4 is 39.3 Å². The van der Waals surface area contributed by atoms with Gasteiger partial charge >= 0.3 is 0 Å². The summed E-state index contributed by atoms with van der Waals surface area (Å²) >= 11 is 6.53. The van der Waals surface area contributed by atoms with Crippen LogP contribution in [0.15, 0.2) is 54.6 Å². The summed E-state index contributed by atoms with van der Waals surface area (Å²) in [6.07, 6.45) is 0. The van der Waals surface area contributed by atoms with E-state index in [1.165, 1.54) is 0 Å². The Labute approximate surface area is 162 Å². The predicted molar refractivity (Wildman–Crippen MR) is 109 cm³/mol. The Morgan fingerprint density at radius 2 is 2.04 bits per heavy atom. The molecule has 0 atom stereocenters. The van der Waals surface area contributed by atoms with E-state index in [9.17, 15) is 4.79 Å². The summed E-state index contributed by atoms with van der Waals surface area (Å²) in [5.74, 6) is 0.359. The number of carbonyl (C=O) groups is 1. The largest absolute Gasteiger partial charge is 0.494 e. The number of ether oxygens (including phenoxy) is 1. The van der Waals surface area contributed by atoms with E-state index in [2.05, 4.69) is 10.6 Å². The van der Waals surface area contributed by atoms with Gasteiger partial charge in [-0.05, 0) is 48.9 Å². The first kappa shape index (κ1) is 17.4. The standard InChI is InChI=1S/C22H18ClN2O2/c1-2-27-15-7-3-6-14(12-15)13-25-19-11-5-9-17(22(24)26)20(19)16-8-4-10-18(23)21(16)25/h3-7,9-12H,2,13H2,1H3,(H2,24,26). The molecule has 135 valence electrons. The van der Waals surface area contributed by atoms with Crippen LogP contribution in [0.3, 0.4) is 0 Å². The van der Waals surface area contributed by atoms with Crippen LogP contribution in [0.1, 0.15) is 22.8 Å². The third-order valence-corrected chi connectivity index (χ3v) is 4.89. The molecule has 1 aromatic heterocycles. The smallest absolute Gasteiger partial charge is 0.249 e. The number of carbonyl (C=O) groups excluding carboxylic acids is 1. The lowest BCUT2D eigenvalue weighted by Crippen LogP contribution is -2.11. The average Bonchev–Trinajstić information content (AvgIpc) is 2.97. The molecule has 0 fully saturated rings. The maximum absolute atomic E-state index is 12.0. The van der Waals surface area contributed by atoms with Crippen molar-refractivity contribution in [1.29, 1.82) is 0 Å². The van der Waals surface area contributed by atoms with Gasteiger partial charge < -0.3 is 15.0 Å². The highest BCUT2D eigenvalue weighted by atomic mass is 35.5. The lowest BCUT2D eigenvalue weighted by Gasteiger charge is -2.10. The Bertz CT molecular complexity index is 1160. The number of benzene rings is 3. The molecule has 0 spiro atoms. The molecule has 0 saturated heterocycles. The van der Waals surface area contributed by atoms with Crippen molar-refractivity contribution in [3.63, 3.8) is 0 Å². The highest BCUT2D eigenvalue weighted by molar-refractivity contribution is 6.36. The number of rotatable bonds is 5. The molecule has 1 amide bonds. The Morgan fingerprint density at radius 3 is 2.81 bits per heavy atom. The number of nitrogens with zero attached hydrogens (tertiary/aromatic N) is 1. The fourth-order valence-corrected chi connectivity index (χ4v) is 3.78. The molecule has 27 heavy (non-hydrogen) atoms. The molecule has 0 saturated carbocycles. The van der Waals surface area contributed by atoms with Crippen molar-refractivity contribution in [2.24, 2.45) is 5.73 Å². The number of aromatic nitrogens is 1. The van der Waals surface area contributed by atoms with Gasteiger partial charge in [-0.3, -0.25) is 4.79 Å². The fourth-order valence-electron chi connectivity index (χ4n) is 3.52. The van der Waals surface area contributed by atoms with Gasteiger partial charge in [-0.1, -0.05) is 35.9 Å². The second-order valence-corrected chi connectivity index (χ2v) is 6.69. The zero-order valence-electron chi connectivity index (χ0n) is 14.8. The lowest BCUT2D eigenvalue weighted by atomic mass is 10.1. The Morgan fingerprint density at radius 1 is 1.22 bits per heavy atom. The molecular formula is C22H18ClN2O2. The van der Waals surface area contributed by atoms with E-state index in [4.69, 9.17) is 22.1 Å². The first-order valence-corrected chi connectivity index (χ1v) is 9.10. The summed E-state index contributed by atoms with van der Waals surface area (Å²) in [6.45, 7) is 3.16. The van der Waals surface area contributed by atoms with E-state index < -0.39 is 5.91 Å². The van der Waals surface area contributed by atoms with Crippen LogP contribution in [0.4, 0.5) is 0 Å². The number of primary amides is 1. The molecule has 3 aromatic carbocycles. The third-order valence-electron chi connectivity index (χ3n) is 4.59. The number of nitrogens with two attached hydrogens (primary N) is 1. The van der Waals surface area contributed by atoms with Crippen LogP contribution in [0.2, 0.25) is 5.02 Å². The summed E-state index contributed by atoms with van der Waals surface area (Å²) < 4.78 is 7.71. The normalized spacial score (nSPS) is 11.2. The maximum atomic E-state index is 12.0. The molecule has 4 nitrogen and oxygen atoms in total. The van der Waals surface area contributed by atoms with Gasteiger partial charge in [0.15, 0.2) is 0 Å². The van der Waals surface area contributed by atoms with Crippen molar-refractivity contribution in [1.82, 2.24) is 4.57 Å². The highest BCUT2D eigenvalue weighted by Crippen LogP contribution is 2.35. The van der Waals surface area contributed by atoms with Gasteiger partial charge in [0, 0.05) is 22.9 Å². The minimum atomic E-state index is -0.466. The van der Waals surface area contributed by atoms with Gasteiger partial charge in [-0.25, -0.2) is 0 Å². The van der Waals surface area contributed by atoms with E-state index in [-0.39, 0.29) is 0 Å². The second-order valence-electron chi connectivity index (χ2n) is 6.28. The van der Waals surface area contributed by atoms with Gasteiger partial charge in [0.05, 0.1) is 22.7 Å². The third kappa shape index (κ3) is 3.02. The SMILES string of the molecule is CCOc1cccc(Cn2c3cccc(C(N)=O)c3c3[c]ccc(Cl)c32)c1. The van der Waals surface area contributed by atoms with E-state index in [1.807, 2.05) is 43.3 Å². The lowest BCUT2D eigenvalue weighted by molar-refractivity contribution is 0.100. The zero-order chi connectivity index (χ0) is 19.0. The molecular weight excluding hydrogens is 360 g/mol. The quantitative estimate of drug-likeness (QED) is 0.543. The van der Waals surface area contributed by atoms with Gasteiger partial charge in [0.1, 0.15) is 5.75 Å². The summed E-state index contributed by atoms with van der Waals surface area (Å²) in [5.41, 5.74) is 8.89. The summed E-state index contributed by atoms with van der Waals surface area (Å²) in [5, 5.41) is 2.19. The topological polar surface area (TPSA) is 57.2 Å². The van der Waals surface area contributed by atoms with Crippen molar-refractivity contribution in [2.45, 2.75) is 13.5 Å². The van der Waals surface area contributed by atoms with Gasteiger partial charge in [0.2, 0.25) is 5.91 Å². The van der Waals surface area contributed by atoms with E-state index in [0.717, 1.165) is 33.1 Å². The molecule has 0 aliphatic carbocycles. The summed E-state index contributed by atoms with van der Waals surface area (Å²) in [7, 11) is 0. The number of hydrogen-bond acceptors (Lipinski definition) is 2. The minimum absolute atomic E-state index is 0.466. The molecule has 2 N–H and O–H groups in total. The van der Waals surface area contributed by atoms with Crippen LogP contribution in [-0.4, -0.2) is 17.1 Å². The molecule has 5 heteroatoms. The first-order chi connectivity index (χ1) is 13.1. The zero-order valence-corrected chi connectivity index (χ0v) is 15.6. The summed E-state index contributed by atoms with van der Waals surface area (Å²) in [4.78, 5) is 12.0. The minimum Gasteiger partial charge on any atom is -0.494 e. The van der Waals surface area contributed by atoms with E-state index in [0.29, 0.717) is 23.7 Å². The van der Waals surface area contributed by atoms with Crippen LogP contribution in [-0.2, 0) is 6.54 Å². The highest BCUT2D eigenvalue weighted by Gasteiger charge is 2.18. The Hall–Kier alpha value is -2.98. The molecule has 0 bridgehead atoms.